The Morgan fingerprint density at radius 2 is 1.94 bits per heavy atom. The van der Waals surface area contributed by atoms with Crippen LogP contribution >= 0.6 is 0 Å². The molecule has 1 aromatic rings. The smallest absolute Gasteiger partial charge is 0.294 e. The van der Waals surface area contributed by atoms with Crippen LogP contribution in [0.1, 0.15) is 29.6 Å². The van der Waals surface area contributed by atoms with Gasteiger partial charge in [0, 0.05) is 17.0 Å². The molecule has 0 spiro atoms. The molecule has 0 unspecified atom stereocenters. The predicted molar refractivity (Wildman–Crippen MR) is 57.5 cm³/mol. The number of nitro benzene ring substituents is 1. The monoisotopic (exact) mass is 253 g/mol. The van der Waals surface area contributed by atoms with Crippen LogP contribution in [-0.4, -0.2) is 16.4 Å². The van der Waals surface area contributed by atoms with E-state index in [1.165, 1.54) is 6.07 Å². The molecule has 0 radical (unpaired) electrons. The molecule has 0 heterocycles. The number of halogens is 2. The Morgan fingerprint density at radius 3 is 2.44 bits per heavy atom. The SMILES string of the molecule is O=C(c1ccc(F)c([N+](=O)[O-])c1)C12CC(F)(C1)C2. The van der Waals surface area contributed by atoms with Gasteiger partial charge in [0.15, 0.2) is 5.78 Å². The summed E-state index contributed by atoms with van der Waals surface area (Å²) in [7, 11) is 0. The highest BCUT2D eigenvalue weighted by Gasteiger charge is 2.72. The highest BCUT2D eigenvalue weighted by atomic mass is 19.1. The standard InChI is InChI=1S/C12H9F2NO3/c13-8-2-1-7(3-9(8)15(17)18)10(16)11-4-12(14,5-11)6-11/h1-3H,4-6H2. The molecule has 18 heavy (non-hydrogen) atoms. The van der Waals surface area contributed by atoms with E-state index in [0.717, 1.165) is 12.1 Å². The molecule has 94 valence electrons. The highest BCUT2D eigenvalue weighted by molar-refractivity contribution is 6.03. The van der Waals surface area contributed by atoms with E-state index in [4.69, 9.17) is 0 Å². The second-order valence-corrected chi connectivity index (χ2v) is 5.21. The van der Waals surface area contributed by atoms with E-state index in [2.05, 4.69) is 0 Å². The Labute approximate surface area is 101 Å². The molecule has 3 aliphatic rings. The maximum atomic E-state index is 13.3. The first kappa shape index (κ1) is 11.3. The summed E-state index contributed by atoms with van der Waals surface area (Å²) in [6.45, 7) is 0. The molecule has 0 aromatic heterocycles. The van der Waals surface area contributed by atoms with Crippen molar-refractivity contribution in [2.24, 2.45) is 5.41 Å². The van der Waals surface area contributed by atoms with Crippen LogP contribution in [-0.2, 0) is 0 Å². The van der Waals surface area contributed by atoms with Crippen LogP contribution in [0.4, 0.5) is 14.5 Å². The summed E-state index contributed by atoms with van der Waals surface area (Å²) in [4.78, 5) is 21.8. The van der Waals surface area contributed by atoms with Crippen LogP contribution in [0.25, 0.3) is 0 Å². The van der Waals surface area contributed by atoms with Gasteiger partial charge in [0.25, 0.3) is 0 Å². The fourth-order valence-corrected chi connectivity index (χ4v) is 3.00. The van der Waals surface area contributed by atoms with E-state index in [9.17, 15) is 23.7 Å². The zero-order valence-electron chi connectivity index (χ0n) is 9.28. The molecule has 4 rings (SSSR count). The molecular formula is C12H9F2NO3. The lowest BCUT2D eigenvalue weighted by Gasteiger charge is -2.64. The van der Waals surface area contributed by atoms with E-state index in [-0.39, 0.29) is 30.6 Å². The first-order valence-corrected chi connectivity index (χ1v) is 5.53. The van der Waals surface area contributed by atoms with E-state index in [1.807, 2.05) is 0 Å². The van der Waals surface area contributed by atoms with Gasteiger partial charge in [-0.3, -0.25) is 14.9 Å². The van der Waals surface area contributed by atoms with Crippen molar-refractivity contribution < 1.29 is 18.5 Å². The first-order chi connectivity index (χ1) is 8.35. The van der Waals surface area contributed by atoms with Gasteiger partial charge in [-0.2, -0.15) is 4.39 Å². The van der Waals surface area contributed by atoms with Gasteiger partial charge in [0.2, 0.25) is 5.82 Å². The van der Waals surface area contributed by atoms with Gasteiger partial charge in [-0.15, -0.1) is 0 Å². The van der Waals surface area contributed by atoms with Gasteiger partial charge in [0.1, 0.15) is 5.67 Å². The number of rotatable bonds is 3. The van der Waals surface area contributed by atoms with Crippen molar-refractivity contribution in [2.75, 3.05) is 0 Å². The van der Waals surface area contributed by atoms with E-state index >= 15 is 0 Å². The van der Waals surface area contributed by atoms with Crippen LogP contribution in [0.5, 0.6) is 0 Å². The zero-order valence-corrected chi connectivity index (χ0v) is 9.28. The zero-order chi connectivity index (χ0) is 13.1. The largest absolute Gasteiger partial charge is 0.305 e. The minimum atomic E-state index is -1.21. The third kappa shape index (κ3) is 1.31. The third-order valence-corrected chi connectivity index (χ3v) is 3.85. The number of carbonyl (C=O) groups is 1. The predicted octanol–water partition coefficient (Wildman–Crippen LogP) is 2.81. The number of hydrogen-bond acceptors (Lipinski definition) is 3. The van der Waals surface area contributed by atoms with Crippen molar-refractivity contribution >= 4 is 11.5 Å². The van der Waals surface area contributed by atoms with Gasteiger partial charge < -0.3 is 0 Å². The minimum absolute atomic E-state index is 0.0878. The molecule has 0 aliphatic heterocycles. The summed E-state index contributed by atoms with van der Waals surface area (Å²) in [5, 5.41) is 10.6. The molecule has 0 amide bonds. The van der Waals surface area contributed by atoms with Gasteiger partial charge in [-0.25, -0.2) is 4.39 Å². The fourth-order valence-electron chi connectivity index (χ4n) is 3.00. The normalized spacial score (nSPS) is 32.3. The van der Waals surface area contributed by atoms with Crippen molar-refractivity contribution in [2.45, 2.75) is 24.9 Å². The average molecular weight is 253 g/mol. The Balaban J connectivity index is 1.92. The molecule has 0 atom stereocenters. The number of ketones is 1. The maximum Gasteiger partial charge on any atom is 0.305 e. The summed E-state index contributed by atoms with van der Waals surface area (Å²) in [6.07, 6.45) is 0.554. The number of nitrogens with zero attached hydrogens (tertiary/aromatic N) is 1. The molecule has 2 bridgehead atoms. The molecule has 4 nitrogen and oxygen atoms in total. The summed E-state index contributed by atoms with van der Waals surface area (Å²) < 4.78 is 26.5. The Kier molecular flexibility index (Phi) is 1.95. The van der Waals surface area contributed by atoms with Gasteiger partial charge in [-0.05, 0) is 31.4 Å². The number of nitro groups is 1. The lowest BCUT2D eigenvalue weighted by atomic mass is 9.40. The molecule has 0 saturated heterocycles. The number of carbonyl (C=O) groups excluding carboxylic acids is 1. The molecule has 3 fully saturated rings. The van der Waals surface area contributed by atoms with Crippen LogP contribution in [0.2, 0.25) is 0 Å². The lowest BCUT2D eigenvalue weighted by Crippen LogP contribution is -2.67. The van der Waals surface area contributed by atoms with Crippen LogP contribution in [0.15, 0.2) is 18.2 Å². The summed E-state index contributed by atoms with van der Waals surface area (Å²) in [6, 6.07) is 3.06. The van der Waals surface area contributed by atoms with Gasteiger partial charge in [0.05, 0.1) is 4.92 Å². The Morgan fingerprint density at radius 1 is 1.33 bits per heavy atom. The van der Waals surface area contributed by atoms with Crippen molar-refractivity contribution in [3.8, 4) is 0 Å². The lowest BCUT2D eigenvalue weighted by molar-refractivity contribution is -0.387. The van der Waals surface area contributed by atoms with Crippen molar-refractivity contribution in [3.05, 3.63) is 39.7 Å². The quantitative estimate of drug-likeness (QED) is 0.472. The second kappa shape index (κ2) is 3.13. The van der Waals surface area contributed by atoms with Crippen molar-refractivity contribution in [1.29, 1.82) is 0 Å². The highest BCUT2D eigenvalue weighted by Crippen LogP contribution is 2.70. The topological polar surface area (TPSA) is 60.2 Å². The Bertz CT molecular complexity index is 565. The number of hydrogen-bond donors (Lipinski definition) is 0. The summed E-state index contributed by atoms with van der Waals surface area (Å²) in [5.74, 6) is -1.29. The molecule has 1 aromatic carbocycles. The molecule has 3 aliphatic carbocycles. The number of alkyl halides is 1. The third-order valence-electron chi connectivity index (χ3n) is 3.85. The van der Waals surface area contributed by atoms with Crippen molar-refractivity contribution in [1.82, 2.24) is 0 Å². The molecule has 3 saturated carbocycles. The van der Waals surface area contributed by atoms with Gasteiger partial charge >= 0.3 is 5.69 Å². The first-order valence-electron chi connectivity index (χ1n) is 5.53. The Hall–Kier alpha value is -1.85. The summed E-state index contributed by atoms with van der Waals surface area (Å²) in [5.41, 5.74) is -2.53. The molecule has 0 N–H and O–H groups in total. The van der Waals surface area contributed by atoms with E-state index in [0.29, 0.717) is 0 Å². The number of Topliss-reactive ketones (excluding diaryl/α,β-unsaturated/α-hetero) is 1. The van der Waals surface area contributed by atoms with Crippen molar-refractivity contribution in [3.63, 3.8) is 0 Å². The summed E-state index contributed by atoms with van der Waals surface area (Å²) >= 11 is 0. The number of benzene rings is 1. The minimum Gasteiger partial charge on any atom is -0.294 e. The van der Waals surface area contributed by atoms with Gasteiger partial charge in [-0.1, -0.05) is 0 Å². The van der Waals surface area contributed by atoms with Crippen LogP contribution in [0, 0.1) is 21.3 Å². The molecule has 6 heteroatoms. The maximum absolute atomic E-state index is 13.3. The molecular weight excluding hydrogens is 244 g/mol. The van der Waals surface area contributed by atoms with E-state index < -0.39 is 27.5 Å². The fraction of sp³-hybridized carbons (Fsp3) is 0.417. The van der Waals surface area contributed by atoms with Crippen LogP contribution < -0.4 is 0 Å². The van der Waals surface area contributed by atoms with E-state index in [1.54, 1.807) is 0 Å². The second-order valence-electron chi connectivity index (χ2n) is 5.21. The average Bonchev–Trinajstić information content (AvgIpc) is 2.23. The van der Waals surface area contributed by atoms with Crippen LogP contribution in [0.3, 0.4) is 0 Å².